The molecule has 0 radical (unpaired) electrons. The molecule has 8 heteroatoms. The van der Waals surface area contributed by atoms with Crippen molar-refractivity contribution in [2.45, 2.75) is 87.7 Å². The van der Waals surface area contributed by atoms with Crippen LogP contribution in [-0.4, -0.2) is 81.6 Å². The molecule has 2 bridgehead atoms. The van der Waals surface area contributed by atoms with E-state index in [1.165, 1.54) is 0 Å². The van der Waals surface area contributed by atoms with E-state index in [9.17, 15) is 19.5 Å². The maximum absolute atomic E-state index is 14.3. The first kappa shape index (κ1) is 29.8. The number of likely N-dealkylation sites (tertiary alicyclic amines) is 1. The maximum atomic E-state index is 14.3. The SMILES string of the molecule is C=CCCCOC(=O)[C@@H]1[C@@H]2CC(C)C3(S2)C(C(=O)N(CC=C)CCCCC)N(CCCCCO)C(=O)[C@H]13. The van der Waals surface area contributed by atoms with Gasteiger partial charge in [-0.3, -0.25) is 14.4 Å². The molecule has 3 rings (SSSR count). The van der Waals surface area contributed by atoms with Crippen LogP contribution in [-0.2, 0) is 19.1 Å². The Labute approximate surface area is 227 Å². The number of aliphatic hydroxyl groups is 1. The predicted octanol–water partition coefficient (Wildman–Crippen LogP) is 4.20. The number of esters is 1. The summed E-state index contributed by atoms with van der Waals surface area (Å²) >= 11 is 1.70. The van der Waals surface area contributed by atoms with E-state index in [0.29, 0.717) is 39.1 Å². The molecule has 3 heterocycles. The summed E-state index contributed by atoms with van der Waals surface area (Å²) in [5, 5.41) is 9.22. The first-order chi connectivity index (χ1) is 17.9. The Hall–Kier alpha value is -1.80. The molecular formula is C29H46N2O5S. The molecule has 37 heavy (non-hydrogen) atoms. The van der Waals surface area contributed by atoms with Crippen molar-refractivity contribution in [3.63, 3.8) is 0 Å². The molecule has 3 fully saturated rings. The molecule has 2 amide bonds. The summed E-state index contributed by atoms with van der Waals surface area (Å²) in [6.45, 7) is 13.9. The summed E-state index contributed by atoms with van der Waals surface area (Å²) < 4.78 is 5.04. The Balaban J connectivity index is 1.92. The average Bonchev–Trinajstić information content (AvgIpc) is 3.47. The monoisotopic (exact) mass is 534 g/mol. The van der Waals surface area contributed by atoms with Gasteiger partial charge < -0.3 is 19.6 Å². The largest absolute Gasteiger partial charge is 0.465 e. The fourth-order valence-electron chi connectivity index (χ4n) is 6.55. The minimum Gasteiger partial charge on any atom is -0.465 e. The first-order valence-electron chi connectivity index (χ1n) is 14.1. The van der Waals surface area contributed by atoms with Crippen molar-refractivity contribution in [2.75, 3.05) is 32.8 Å². The molecule has 0 saturated carbocycles. The van der Waals surface area contributed by atoms with Gasteiger partial charge in [-0.15, -0.1) is 24.9 Å². The first-order valence-corrected chi connectivity index (χ1v) is 15.0. The number of rotatable bonds is 17. The van der Waals surface area contributed by atoms with Gasteiger partial charge in [-0.25, -0.2) is 0 Å². The zero-order valence-corrected chi connectivity index (χ0v) is 23.6. The minimum absolute atomic E-state index is 0.00404. The van der Waals surface area contributed by atoms with Crippen molar-refractivity contribution in [1.82, 2.24) is 9.80 Å². The van der Waals surface area contributed by atoms with Crippen LogP contribution in [0.2, 0.25) is 0 Å². The number of aliphatic hydroxyl groups excluding tert-OH is 1. The van der Waals surface area contributed by atoms with Crippen LogP contribution in [0, 0.1) is 17.8 Å². The molecule has 208 valence electrons. The smallest absolute Gasteiger partial charge is 0.310 e. The molecule has 0 aromatic heterocycles. The van der Waals surface area contributed by atoms with E-state index in [1.54, 1.807) is 28.8 Å². The van der Waals surface area contributed by atoms with Crippen molar-refractivity contribution in [3.05, 3.63) is 25.3 Å². The van der Waals surface area contributed by atoms with E-state index in [4.69, 9.17) is 4.74 Å². The number of carbonyl (C=O) groups excluding carboxylic acids is 3. The van der Waals surface area contributed by atoms with Crippen molar-refractivity contribution in [2.24, 2.45) is 17.8 Å². The molecule has 1 N–H and O–H groups in total. The quantitative estimate of drug-likeness (QED) is 0.171. The Kier molecular flexibility index (Phi) is 11.1. The number of carbonyl (C=O) groups is 3. The molecule has 3 aliphatic rings. The maximum Gasteiger partial charge on any atom is 0.310 e. The highest BCUT2D eigenvalue weighted by atomic mass is 32.2. The number of nitrogens with zero attached hydrogens (tertiary/aromatic N) is 2. The average molecular weight is 535 g/mol. The lowest BCUT2D eigenvalue weighted by molar-refractivity contribution is -0.154. The summed E-state index contributed by atoms with van der Waals surface area (Å²) in [6.07, 6.45) is 11.0. The number of amides is 2. The molecular weight excluding hydrogens is 488 g/mol. The fraction of sp³-hybridized carbons (Fsp3) is 0.759. The number of ether oxygens (including phenoxy) is 1. The lowest BCUT2D eigenvalue weighted by Crippen LogP contribution is -2.57. The summed E-state index contributed by atoms with van der Waals surface area (Å²) in [5.74, 6) is -1.31. The van der Waals surface area contributed by atoms with Gasteiger partial charge in [-0.05, 0) is 50.9 Å². The van der Waals surface area contributed by atoms with E-state index in [2.05, 4.69) is 27.0 Å². The highest BCUT2D eigenvalue weighted by Gasteiger charge is 2.76. The van der Waals surface area contributed by atoms with Crippen LogP contribution in [0.1, 0.15) is 71.6 Å². The summed E-state index contributed by atoms with van der Waals surface area (Å²) in [7, 11) is 0. The van der Waals surface area contributed by atoms with Crippen LogP contribution >= 0.6 is 11.8 Å². The molecule has 3 unspecified atom stereocenters. The number of unbranched alkanes of at least 4 members (excludes halogenated alkanes) is 5. The molecule has 0 aliphatic carbocycles. The van der Waals surface area contributed by atoms with Crippen molar-refractivity contribution >= 4 is 29.5 Å². The molecule has 3 aliphatic heterocycles. The second-order valence-electron chi connectivity index (χ2n) is 10.7. The van der Waals surface area contributed by atoms with Gasteiger partial charge in [0.05, 0.1) is 23.2 Å². The van der Waals surface area contributed by atoms with Gasteiger partial charge in [0.15, 0.2) is 0 Å². The van der Waals surface area contributed by atoms with Crippen LogP contribution in [0.5, 0.6) is 0 Å². The molecule has 3 saturated heterocycles. The Morgan fingerprint density at radius 3 is 2.65 bits per heavy atom. The lowest BCUT2D eigenvalue weighted by Gasteiger charge is -2.40. The highest BCUT2D eigenvalue weighted by Crippen LogP contribution is 2.68. The molecule has 0 aromatic rings. The van der Waals surface area contributed by atoms with Crippen LogP contribution in [0.25, 0.3) is 0 Å². The van der Waals surface area contributed by atoms with Gasteiger partial charge in [0.25, 0.3) is 0 Å². The second kappa shape index (κ2) is 13.8. The zero-order chi connectivity index (χ0) is 27.0. The van der Waals surface area contributed by atoms with E-state index in [0.717, 1.165) is 44.9 Å². The third-order valence-electron chi connectivity index (χ3n) is 8.30. The Morgan fingerprint density at radius 2 is 1.97 bits per heavy atom. The van der Waals surface area contributed by atoms with E-state index >= 15 is 0 Å². The second-order valence-corrected chi connectivity index (χ2v) is 12.3. The van der Waals surface area contributed by atoms with Gasteiger partial charge in [0.1, 0.15) is 6.04 Å². The topological polar surface area (TPSA) is 87.2 Å². The van der Waals surface area contributed by atoms with Gasteiger partial charge in [0.2, 0.25) is 11.8 Å². The van der Waals surface area contributed by atoms with Gasteiger partial charge in [-0.2, -0.15) is 0 Å². The van der Waals surface area contributed by atoms with Crippen molar-refractivity contribution < 1.29 is 24.2 Å². The number of hydrogen-bond acceptors (Lipinski definition) is 6. The minimum atomic E-state index is -0.620. The summed E-state index contributed by atoms with van der Waals surface area (Å²) in [4.78, 5) is 45.3. The highest BCUT2D eigenvalue weighted by molar-refractivity contribution is 8.02. The van der Waals surface area contributed by atoms with Gasteiger partial charge >= 0.3 is 5.97 Å². The standard InChI is InChI=1S/C29H46N2O5S/c1-5-8-11-16-30(15-7-3)27(34)25-29-21(4)20-22(37-29)23(28(35)36-19-14-9-6-2)24(29)26(33)31(25)17-12-10-13-18-32/h6-7,21-25,32H,2-3,5,8-20H2,1,4H3/t21?,22-,23+,24-,25?,29?/m0/s1. The van der Waals surface area contributed by atoms with E-state index in [1.807, 2.05) is 4.90 Å². The summed E-state index contributed by atoms with van der Waals surface area (Å²) in [5.41, 5.74) is 0. The molecule has 1 spiro atoms. The number of allylic oxidation sites excluding steroid dienone is 1. The molecule has 0 aromatic carbocycles. The third-order valence-corrected chi connectivity index (χ3v) is 10.4. The van der Waals surface area contributed by atoms with Crippen LogP contribution in [0.4, 0.5) is 0 Å². The fourth-order valence-corrected chi connectivity index (χ4v) is 8.95. The Bertz CT molecular complexity index is 835. The molecule has 6 atom stereocenters. The Morgan fingerprint density at radius 1 is 1.19 bits per heavy atom. The van der Waals surface area contributed by atoms with Crippen molar-refractivity contribution in [1.29, 1.82) is 0 Å². The van der Waals surface area contributed by atoms with Crippen LogP contribution in [0.3, 0.4) is 0 Å². The van der Waals surface area contributed by atoms with Crippen LogP contribution in [0.15, 0.2) is 25.3 Å². The lowest BCUT2D eigenvalue weighted by atomic mass is 9.66. The van der Waals surface area contributed by atoms with Crippen molar-refractivity contribution in [3.8, 4) is 0 Å². The summed E-state index contributed by atoms with van der Waals surface area (Å²) in [6, 6.07) is -0.593. The van der Waals surface area contributed by atoms with E-state index in [-0.39, 0.29) is 35.6 Å². The predicted molar refractivity (Wildman–Crippen MR) is 148 cm³/mol. The third kappa shape index (κ3) is 5.95. The zero-order valence-electron chi connectivity index (χ0n) is 22.7. The molecule has 7 nitrogen and oxygen atoms in total. The van der Waals surface area contributed by atoms with E-state index < -0.39 is 22.6 Å². The van der Waals surface area contributed by atoms with Gasteiger partial charge in [0, 0.05) is 31.5 Å². The number of fused-ring (bicyclic) bond motifs is 1. The van der Waals surface area contributed by atoms with Crippen LogP contribution < -0.4 is 0 Å². The number of hydrogen-bond donors (Lipinski definition) is 1. The van der Waals surface area contributed by atoms with Gasteiger partial charge in [-0.1, -0.05) is 38.8 Å². The normalized spacial score (nSPS) is 29.9. The number of thioether (sulfide) groups is 1.